The Morgan fingerprint density at radius 1 is 1.12 bits per heavy atom. The molecule has 0 saturated carbocycles. The number of ether oxygens (including phenoxy) is 2. The number of rotatable bonds is 5. The first-order chi connectivity index (χ1) is 11.4. The SMILES string of the molecule is COc1ccc(S(=O)(=O)N2CC(Oc3cc(C)oc(=O)c3)C2)cc1. The molecule has 0 bridgehead atoms. The van der Waals surface area contributed by atoms with E-state index in [0.717, 1.165) is 0 Å². The lowest BCUT2D eigenvalue weighted by Gasteiger charge is -2.37. The van der Waals surface area contributed by atoms with Crippen LogP contribution in [0.5, 0.6) is 11.5 Å². The fourth-order valence-electron chi connectivity index (χ4n) is 2.40. The maximum absolute atomic E-state index is 12.5. The van der Waals surface area contributed by atoms with Gasteiger partial charge in [0.25, 0.3) is 0 Å². The molecule has 128 valence electrons. The monoisotopic (exact) mass is 351 g/mol. The van der Waals surface area contributed by atoms with Gasteiger partial charge in [-0.15, -0.1) is 0 Å². The highest BCUT2D eigenvalue weighted by Crippen LogP contribution is 2.25. The van der Waals surface area contributed by atoms with Gasteiger partial charge in [-0.25, -0.2) is 13.2 Å². The van der Waals surface area contributed by atoms with Gasteiger partial charge in [0.2, 0.25) is 10.0 Å². The molecule has 1 aromatic carbocycles. The van der Waals surface area contributed by atoms with Crippen LogP contribution < -0.4 is 15.1 Å². The average Bonchev–Trinajstić information content (AvgIpc) is 2.49. The number of aryl methyl sites for hydroxylation is 1. The lowest BCUT2D eigenvalue weighted by Crippen LogP contribution is -2.55. The van der Waals surface area contributed by atoms with E-state index in [1.807, 2.05) is 0 Å². The van der Waals surface area contributed by atoms with E-state index in [1.54, 1.807) is 25.1 Å². The standard InChI is InChI=1S/C16H17NO6S/c1-11-7-13(8-16(18)22-11)23-14-9-17(10-14)24(19,20)15-5-3-12(21-2)4-6-15/h3-8,14H,9-10H2,1-2H3. The van der Waals surface area contributed by atoms with Gasteiger partial charge in [-0.05, 0) is 31.2 Å². The molecule has 0 amide bonds. The zero-order chi connectivity index (χ0) is 17.3. The summed E-state index contributed by atoms with van der Waals surface area (Å²) in [6.45, 7) is 2.11. The first kappa shape index (κ1) is 16.5. The lowest BCUT2D eigenvalue weighted by atomic mass is 10.2. The van der Waals surface area contributed by atoms with Gasteiger partial charge in [-0.2, -0.15) is 4.31 Å². The normalized spacial score (nSPS) is 15.8. The van der Waals surface area contributed by atoms with Crippen LogP contribution in [0.3, 0.4) is 0 Å². The predicted molar refractivity (Wildman–Crippen MR) is 85.9 cm³/mol. The Morgan fingerprint density at radius 3 is 2.38 bits per heavy atom. The quantitative estimate of drug-likeness (QED) is 0.810. The summed E-state index contributed by atoms with van der Waals surface area (Å²) in [5.74, 6) is 1.42. The summed E-state index contributed by atoms with van der Waals surface area (Å²) in [5, 5.41) is 0. The van der Waals surface area contributed by atoms with E-state index in [4.69, 9.17) is 13.9 Å². The van der Waals surface area contributed by atoms with Gasteiger partial charge in [0, 0.05) is 6.07 Å². The van der Waals surface area contributed by atoms with Crippen LogP contribution in [0.1, 0.15) is 5.76 Å². The summed E-state index contributed by atoms with van der Waals surface area (Å²) in [4.78, 5) is 11.5. The molecule has 1 fully saturated rings. The van der Waals surface area contributed by atoms with E-state index in [1.165, 1.54) is 29.6 Å². The second kappa shape index (κ2) is 6.29. The molecule has 7 nitrogen and oxygen atoms in total. The van der Waals surface area contributed by atoms with Gasteiger partial charge in [-0.3, -0.25) is 0 Å². The van der Waals surface area contributed by atoms with E-state index >= 15 is 0 Å². The first-order valence-electron chi connectivity index (χ1n) is 7.31. The zero-order valence-electron chi connectivity index (χ0n) is 13.3. The number of nitrogens with zero attached hydrogens (tertiary/aromatic N) is 1. The molecule has 0 spiro atoms. The zero-order valence-corrected chi connectivity index (χ0v) is 14.1. The second-order valence-corrected chi connectivity index (χ2v) is 7.40. The summed E-state index contributed by atoms with van der Waals surface area (Å²) in [5.41, 5.74) is -0.493. The fourth-order valence-corrected chi connectivity index (χ4v) is 3.91. The van der Waals surface area contributed by atoms with Crippen molar-refractivity contribution < 1.29 is 22.3 Å². The van der Waals surface area contributed by atoms with Crippen molar-refractivity contribution in [3.05, 3.63) is 52.6 Å². The molecule has 3 rings (SSSR count). The third-order valence-corrected chi connectivity index (χ3v) is 5.53. The van der Waals surface area contributed by atoms with Crippen LogP contribution >= 0.6 is 0 Å². The van der Waals surface area contributed by atoms with Crippen LogP contribution in [0.15, 0.2) is 50.5 Å². The van der Waals surface area contributed by atoms with Crippen LogP contribution in [0.4, 0.5) is 0 Å². The molecule has 0 unspecified atom stereocenters. The largest absolute Gasteiger partial charge is 0.497 e. The molecular weight excluding hydrogens is 334 g/mol. The third kappa shape index (κ3) is 3.29. The van der Waals surface area contributed by atoms with Crippen LogP contribution in [-0.2, 0) is 10.0 Å². The highest BCUT2D eigenvalue weighted by atomic mass is 32.2. The van der Waals surface area contributed by atoms with Gasteiger partial charge < -0.3 is 13.9 Å². The summed E-state index contributed by atoms with van der Waals surface area (Å²) in [6.07, 6.45) is -0.292. The molecule has 0 aliphatic carbocycles. The Bertz CT molecular complexity index is 882. The van der Waals surface area contributed by atoms with Crippen molar-refractivity contribution >= 4 is 10.0 Å². The highest BCUT2D eigenvalue weighted by molar-refractivity contribution is 7.89. The minimum absolute atomic E-state index is 0.206. The Hall–Kier alpha value is -2.32. The maximum atomic E-state index is 12.5. The predicted octanol–water partition coefficient (Wildman–Crippen LogP) is 1.41. The molecule has 24 heavy (non-hydrogen) atoms. The minimum atomic E-state index is -3.55. The van der Waals surface area contributed by atoms with Crippen molar-refractivity contribution in [1.82, 2.24) is 4.31 Å². The van der Waals surface area contributed by atoms with E-state index in [2.05, 4.69) is 0 Å². The van der Waals surface area contributed by atoms with Gasteiger partial charge >= 0.3 is 5.63 Å². The Labute approximate surface area is 139 Å². The van der Waals surface area contributed by atoms with Crippen molar-refractivity contribution in [2.24, 2.45) is 0 Å². The topological polar surface area (TPSA) is 86.1 Å². The van der Waals surface area contributed by atoms with Crippen LogP contribution in [-0.4, -0.2) is 39.0 Å². The van der Waals surface area contributed by atoms with Crippen molar-refractivity contribution in [2.45, 2.75) is 17.9 Å². The fraction of sp³-hybridized carbons (Fsp3) is 0.312. The smallest absolute Gasteiger partial charge is 0.339 e. The minimum Gasteiger partial charge on any atom is -0.497 e. The Kier molecular flexibility index (Phi) is 4.33. The van der Waals surface area contributed by atoms with Crippen molar-refractivity contribution in [1.29, 1.82) is 0 Å². The van der Waals surface area contributed by atoms with Gasteiger partial charge in [0.05, 0.1) is 31.2 Å². The molecule has 1 saturated heterocycles. The Morgan fingerprint density at radius 2 is 1.79 bits per heavy atom. The van der Waals surface area contributed by atoms with Crippen LogP contribution in [0.2, 0.25) is 0 Å². The second-order valence-electron chi connectivity index (χ2n) is 5.46. The van der Waals surface area contributed by atoms with Crippen LogP contribution in [0, 0.1) is 6.92 Å². The molecule has 8 heteroatoms. The van der Waals surface area contributed by atoms with E-state index in [0.29, 0.717) is 17.3 Å². The van der Waals surface area contributed by atoms with Gasteiger partial charge in [-0.1, -0.05) is 0 Å². The van der Waals surface area contributed by atoms with Crippen molar-refractivity contribution in [3.63, 3.8) is 0 Å². The molecule has 0 radical (unpaired) electrons. The van der Waals surface area contributed by atoms with E-state index in [9.17, 15) is 13.2 Å². The number of sulfonamides is 1. The average molecular weight is 351 g/mol. The number of hydrogen-bond acceptors (Lipinski definition) is 6. The maximum Gasteiger partial charge on any atom is 0.339 e. The van der Waals surface area contributed by atoms with Gasteiger partial charge in [0.15, 0.2) is 0 Å². The third-order valence-electron chi connectivity index (χ3n) is 3.68. The number of benzene rings is 1. The summed E-state index contributed by atoms with van der Waals surface area (Å²) in [6, 6.07) is 9.07. The van der Waals surface area contributed by atoms with Crippen LogP contribution in [0.25, 0.3) is 0 Å². The van der Waals surface area contributed by atoms with E-state index < -0.39 is 15.6 Å². The van der Waals surface area contributed by atoms with E-state index in [-0.39, 0.29) is 24.1 Å². The first-order valence-corrected chi connectivity index (χ1v) is 8.75. The molecule has 0 atom stereocenters. The molecule has 1 aliphatic heterocycles. The molecular formula is C16H17NO6S. The summed E-state index contributed by atoms with van der Waals surface area (Å²) < 4.78 is 41.8. The van der Waals surface area contributed by atoms with Gasteiger partial charge in [0.1, 0.15) is 23.4 Å². The Balaban J connectivity index is 1.65. The molecule has 2 aromatic rings. The summed E-state index contributed by atoms with van der Waals surface area (Å²) >= 11 is 0. The molecule has 0 N–H and O–H groups in total. The van der Waals surface area contributed by atoms with Crippen molar-refractivity contribution in [3.8, 4) is 11.5 Å². The molecule has 2 heterocycles. The summed E-state index contributed by atoms with van der Waals surface area (Å²) in [7, 11) is -2.03. The lowest BCUT2D eigenvalue weighted by molar-refractivity contribution is 0.0754. The number of hydrogen-bond donors (Lipinski definition) is 0. The molecule has 1 aliphatic rings. The number of methoxy groups -OCH3 is 1. The highest BCUT2D eigenvalue weighted by Gasteiger charge is 2.38. The van der Waals surface area contributed by atoms with Crippen molar-refractivity contribution in [2.75, 3.05) is 20.2 Å². The molecule has 1 aromatic heterocycles.